The van der Waals surface area contributed by atoms with E-state index in [9.17, 15) is 4.79 Å². The Labute approximate surface area is 128 Å². The fourth-order valence-corrected chi connectivity index (χ4v) is 2.48. The zero-order valence-corrected chi connectivity index (χ0v) is 12.3. The smallest absolute Gasteiger partial charge is 0.335 e. The highest BCUT2D eigenvalue weighted by Gasteiger charge is 2.09. The number of fused-ring (bicyclic) bond motifs is 1. The molecule has 0 unspecified atom stereocenters. The second-order valence-corrected chi connectivity index (χ2v) is 5.26. The van der Waals surface area contributed by atoms with Gasteiger partial charge in [-0.15, -0.1) is 5.10 Å². The summed E-state index contributed by atoms with van der Waals surface area (Å²) in [5.41, 5.74) is 0.946. The van der Waals surface area contributed by atoms with Crippen molar-refractivity contribution in [2.24, 2.45) is 0 Å². The van der Waals surface area contributed by atoms with Gasteiger partial charge in [0, 0.05) is 15.2 Å². The fraction of sp³-hybridized carbons (Fsp3) is 0. The molecule has 1 heterocycles. The molecule has 0 fully saturated rings. The van der Waals surface area contributed by atoms with Crippen molar-refractivity contribution in [3.8, 4) is 0 Å². The quantitative estimate of drug-likeness (QED) is 0.755. The molecule has 0 saturated heterocycles. The predicted octanol–water partition coefficient (Wildman–Crippen LogP) is 3.83. The van der Waals surface area contributed by atoms with Gasteiger partial charge in [0.1, 0.15) is 0 Å². The largest absolute Gasteiger partial charge is 0.478 e. The number of nitrogens with zero attached hydrogens (tertiary/aromatic N) is 2. The Morgan fingerprint density at radius 2 is 2.00 bits per heavy atom. The molecule has 0 amide bonds. The monoisotopic (exact) mass is 343 g/mol. The summed E-state index contributed by atoms with van der Waals surface area (Å²) >= 11 is 3.36. The summed E-state index contributed by atoms with van der Waals surface area (Å²) in [5, 5.41) is 22.1. The maximum Gasteiger partial charge on any atom is 0.335 e. The summed E-state index contributed by atoms with van der Waals surface area (Å²) in [7, 11) is 0. The maximum absolute atomic E-state index is 10.9. The van der Waals surface area contributed by atoms with Crippen molar-refractivity contribution < 1.29 is 9.90 Å². The normalized spacial score (nSPS) is 10.5. The maximum atomic E-state index is 10.9. The third-order valence-corrected chi connectivity index (χ3v) is 3.70. The van der Waals surface area contributed by atoms with Crippen LogP contribution in [-0.4, -0.2) is 21.3 Å². The molecule has 0 aliphatic carbocycles. The highest BCUT2D eigenvalue weighted by Crippen LogP contribution is 2.29. The molecule has 0 spiro atoms. The molecule has 6 heteroatoms. The Hall–Kier alpha value is -2.47. The lowest BCUT2D eigenvalue weighted by molar-refractivity contribution is 0.0697. The van der Waals surface area contributed by atoms with Crippen molar-refractivity contribution in [3.05, 3.63) is 58.7 Å². The molecule has 0 aliphatic heterocycles. The lowest BCUT2D eigenvalue weighted by atomic mass is 10.2. The summed E-state index contributed by atoms with van der Waals surface area (Å²) < 4.78 is 0.650. The standard InChI is InChI=1S/C15H10BrN3O2/c16-12-7-9(15(20)21)5-6-13(12)18-14-11-4-2-1-3-10(11)8-17-19-14/h1-8H,(H,18,19)(H,20,21). The van der Waals surface area contributed by atoms with Gasteiger partial charge in [-0.25, -0.2) is 4.79 Å². The molecule has 104 valence electrons. The number of benzene rings is 2. The van der Waals surface area contributed by atoms with Crippen LogP contribution in [0.2, 0.25) is 0 Å². The molecule has 0 aliphatic rings. The molecule has 0 atom stereocenters. The van der Waals surface area contributed by atoms with Crippen molar-refractivity contribution >= 4 is 44.2 Å². The van der Waals surface area contributed by atoms with Gasteiger partial charge in [0.05, 0.1) is 17.4 Å². The lowest BCUT2D eigenvalue weighted by Gasteiger charge is -2.10. The summed E-state index contributed by atoms with van der Waals surface area (Å²) in [6.45, 7) is 0. The van der Waals surface area contributed by atoms with E-state index in [1.165, 1.54) is 6.07 Å². The zero-order chi connectivity index (χ0) is 14.8. The first-order valence-corrected chi connectivity index (χ1v) is 6.95. The zero-order valence-electron chi connectivity index (χ0n) is 10.7. The van der Waals surface area contributed by atoms with E-state index in [1.807, 2.05) is 24.3 Å². The number of hydrogen-bond acceptors (Lipinski definition) is 4. The lowest BCUT2D eigenvalue weighted by Crippen LogP contribution is -2.00. The van der Waals surface area contributed by atoms with Crippen molar-refractivity contribution in [2.75, 3.05) is 5.32 Å². The molecule has 2 N–H and O–H groups in total. The van der Waals surface area contributed by atoms with Crippen molar-refractivity contribution in [2.45, 2.75) is 0 Å². The van der Waals surface area contributed by atoms with Crippen LogP contribution in [0.5, 0.6) is 0 Å². The average molecular weight is 344 g/mol. The van der Waals surface area contributed by atoms with E-state index in [2.05, 4.69) is 31.4 Å². The van der Waals surface area contributed by atoms with E-state index < -0.39 is 5.97 Å². The van der Waals surface area contributed by atoms with E-state index in [0.29, 0.717) is 10.3 Å². The van der Waals surface area contributed by atoms with Gasteiger partial charge in [0.2, 0.25) is 0 Å². The topological polar surface area (TPSA) is 75.1 Å². The number of carboxylic acids is 1. The van der Waals surface area contributed by atoms with E-state index >= 15 is 0 Å². The van der Waals surface area contributed by atoms with Gasteiger partial charge in [-0.3, -0.25) is 0 Å². The highest BCUT2D eigenvalue weighted by atomic mass is 79.9. The predicted molar refractivity (Wildman–Crippen MR) is 83.9 cm³/mol. The van der Waals surface area contributed by atoms with Crippen LogP contribution in [0.25, 0.3) is 10.8 Å². The molecule has 3 aromatic rings. The van der Waals surface area contributed by atoms with Crippen LogP contribution in [0.3, 0.4) is 0 Å². The molecule has 2 aromatic carbocycles. The number of nitrogens with one attached hydrogen (secondary N) is 1. The van der Waals surface area contributed by atoms with Crippen LogP contribution in [0.1, 0.15) is 10.4 Å². The number of aromatic carboxylic acids is 1. The Balaban J connectivity index is 2.01. The molecule has 0 saturated carbocycles. The van der Waals surface area contributed by atoms with Gasteiger partial charge in [0.15, 0.2) is 5.82 Å². The van der Waals surface area contributed by atoms with Crippen LogP contribution in [0.4, 0.5) is 11.5 Å². The molecular weight excluding hydrogens is 334 g/mol. The van der Waals surface area contributed by atoms with Crippen molar-refractivity contribution in [1.29, 1.82) is 0 Å². The summed E-state index contributed by atoms with van der Waals surface area (Å²) in [5.74, 6) is -0.343. The molecule has 0 radical (unpaired) electrons. The van der Waals surface area contributed by atoms with Gasteiger partial charge in [0.25, 0.3) is 0 Å². The molecule has 0 bridgehead atoms. The van der Waals surface area contributed by atoms with Gasteiger partial charge in [-0.2, -0.15) is 5.10 Å². The van der Waals surface area contributed by atoms with Crippen LogP contribution in [0.15, 0.2) is 53.1 Å². The second kappa shape index (κ2) is 5.49. The SMILES string of the molecule is O=C(O)c1ccc(Nc2nncc3ccccc23)c(Br)c1. The van der Waals surface area contributed by atoms with Crippen molar-refractivity contribution in [1.82, 2.24) is 10.2 Å². The van der Waals surface area contributed by atoms with E-state index in [1.54, 1.807) is 18.3 Å². The summed E-state index contributed by atoms with van der Waals surface area (Å²) in [6.07, 6.45) is 1.70. The van der Waals surface area contributed by atoms with E-state index in [4.69, 9.17) is 5.11 Å². The van der Waals surface area contributed by atoms with Crippen LogP contribution in [-0.2, 0) is 0 Å². The summed E-state index contributed by atoms with van der Waals surface area (Å²) in [6, 6.07) is 12.5. The van der Waals surface area contributed by atoms with Crippen LogP contribution < -0.4 is 5.32 Å². The number of carboxylic acid groups (broad SMARTS) is 1. The van der Waals surface area contributed by atoms with Gasteiger partial charge in [-0.1, -0.05) is 24.3 Å². The molecule has 21 heavy (non-hydrogen) atoms. The Bertz CT molecular complexity index is 831. The van der Waals surface area contributed by atoms with E-state index in [-0.39, 0.29) is 5.56 Å². The van der Waals surface area contributed by atoms with Gasteiger partial charge < -0.3 is 10.4 Å². The third-order valence-electron chi connectivity index (χ3n) is 3.04. The summed E-state index contributed by atoms with van der Waals surface area (Å²) in [4.78, 5) is 10.9. The van der Waals surface area contributed by atoms with E-state index in [0.717, 1.165) is 16.5 Å². The highest BCUT2D eigenvalue weighted by molar-refractivity contribution is 9.10. The fourth-order valence-electron chi connectivity index (χ4n) is 2.00. The first-order chi connectivity index (χ1) is 10.1. The Morgan fingerprint density at radius 3 is 2.76 bits per heavy atom. The molecule has 1 aromatic heterocycles. The average Bonchev–Trinajstić information content (AvgIpc) is 2.49. The Kier molecular flexibility index (Phi) is 3.53. The molecule has 5 nitrogen and oxygen atoms in total. The number of rotatable bonds is 3. The first kappa shape index (κ1) is 13.5. The second-order valence-electron chi connectivity index (χ2n) is 4.41. The minimum Gasteiger partial charge on any atom is -0.478 e. The number of hydrogen-bond donors (Lipinski definition) is 2. The number of aromatic nitrogens is 2. The number of carbonyl (C=O) groups is 1. The van der Waals surface area contributed by atoms with Gasteiger partial charge in [-0.05, 0) is 34.1 Å². The number of anilines is 2. The minimum atomic E-state index is -0.966. The van der Waals surface area contributed by atoms with Crippen LogP contribution >= 0.6 is 15.9 Å². The molecular formula is C15H10BrN3O2. The number of halogens is 1. The minimum absolute atomic E-state index is 0.219. The van der Waals surface area contributed by atoms with Crippen molar-refractivity contribution in [3.63, 3.8) is 0 Å². The molecule has 3 rings (SSSR count). The van der Waals surface area contributed by atoms with Gasteiger partial charge >= 0.3 is 5.97 Å². The first-order valence-electron chi connectivity index (χ1n) is 6.15. The Morgan fingerprint density at radius 1 is 1.19 bits per heavy atom. The van der Waals surface area contributed by atoms with Crippen LogP contribution in [0, 0.1) is 0 Å². The third kappa shape index (κ3) is 2.71.